The van der Waals surface area contributed by atoms with Crippen LogP contribution in [-0.2, 0) is 0 Å². The van der Waals surface area contributed by atoms with Crippen LogP contribution in [0.4, 0.5) is 0 Å². The molecule has 1 aliphatic carbocycles. The van der Waals surface area contributed by atoms with Crippen LogP contribution in [0.25, 0.3) is 0 Å². The van der Waals surface area contributed by atoms with E-state index in [0.29, 0.717) is 5.92 Å². The van der Waals surface area contributed by atoms with Crippen LogP contribution in [0, 0.1) is 11.8 Å². The maximum Gasteiger partial charge on any atom is 0.00243 e. The van der Waals surface area contributed by atoms with Crippen molar-refractivity contribution < 1.29 is 0 Å². The predicted molar refractivity (Wildman–Crippen MR) is 59.7 cm³/mol. The summed E-state index contributed by atoms with van der Waals surface area (Å²) in [5, 5.41) is 0. The fourth-order valence-corrected chi connectivity index (χ4v) is 2.69. The Bertz CT molecular complexity index is 180. The van der Waals surface area contributed by atoms with Crippen LogP contribution in [0.3, 0.4) is 0 Å². The SMILES string of the molecule is C=C(C)C(C(=C)C)C1CCCCC1. The fraction of sp³-hybridized carbons (Fsp3) is 0.692. The molecule has 0 bridgehead atoms. The van der Waals surface area contributed by atoms with Gasteiger partial charge in [-0.3, -0.25) is 0 Å². The third-order valence-corrected chi connectivity index (χ3v) is 3.18. The van der Waals surface area contributed by atoms with Gasteiger partial charge in [0.25, 0.3) is 0 Å². The molecule has 0 aromatic heterocycles. The normalized spacial score (nSPS) is 19.0. The minimum absolute atomic E-state index is 0.584. The average Bonchev–Trinajstić information content (AvgIpc) is 2.04. The molecule has 0 heteroatoms. The van der Waals surface area contributed by atoms with Crippen LogP contribution < -0.4 is 0 Å². The Labute approximate surface area is 82.7 Å². The number of hydrogen-bond acceptors (Lipinski definition) is 0. The van der Waals surface area contributed by atoms with Gasteiger partial charge in [0, 0.05) is 5.92 Å². The summed E-state index contributed by atoms with van der Waals surface area (Å²) in [7, 11) is 0. The van der Waals surface area contributed by atoms with Crippen molar-refractivity contribution in [2.75, 3.05) is 0 Å². The third kappa shape index (κ3) is 2.72. The molecule has 0 saturated heterocycles. The van der Waals surface area contributed by atoms with E-state index in [1.807, 2.05) is 0 Å². The summed E-state index contributed by atoms with van der Waals surface area (Å²) in [6.45, 7) is 12.5. The molecule has 0 radical (unpaired) electrons. The molecule has 0 amide bonds. The van der Waals surface area contributed by atoms with Gasteiger partial charge in [-0.25, -0.2) is 0 Å². The second kappa shape index (κ2) is 4.64. The zero-order valence-electron chi connectivity index (χ0n) is 9.10. The average molecular weight is 178 g/mol. The fourth-order valence-electron chi connectivity index (χ4n) is 2.69. The molecule has 1 fully saturated rings. The summed E-state index contributed by atoms with van der Waals surface area (Å²) in [6, 6.07) is 0. The van der Waals surface area contributed by atoms with Gasteiger partial charge in [0.15, 0.2) is 0 Å². The highest BCUT2D eigenvalue weighted by atomic mass is 14.3. The summed E-state index contributed by atoms with van der Waals surface area (Å²) in [5.41, 5.74) is 2.61. The molecule has 1 saturated carbocycles. The van der Waals surface area contributed by atoms with E-state index in [1.54, 1.807) is 0 Å². The topological polar surface area (TPSA) is 0 Å². The minimum atomic E-state index is 0.584. The van der Waals surface area contributed by atoms with Crippen LogP contribution >= 0.6 is 0 Å². The summed E-state index contributed by atoms with van der Waals surface area (Å²) < 4.78 is 0. The minimum Gasteiger partial charge on any atom is -0.0995 e. The van der Waals surface area contributed by atoms with Crippen molar-refractivity contribution in [3.63, 3.8) is 0 Å². The van der Waals surface area contributed by atoms with E-state index in [9.17, 15) is 0 Å². The Hall–Kier alpha value is -0.520. The molecule has 0 aliphatic heterocycles. The Kier molecular flexibility index (Phi) is 3.77. The molecule has 1 aliphatic rings. The van der Waals surface area contributed by atoms with Crippen molar-refractivity contribution in [1.29, 1.82) is 0 Å². The molecule has 0 heterocycles. The lowest BCUT2D eigenvalue weighted by molar-refractivity contribution is 0.302. The quantitative estimate of drug-likeness (QED) is 0.564. The first-order valence-corrected chi connectivity index (χ1v) is 5.43. The highest BCUT2D eigenvalue weighted by Crippen LogP contribution is 2.36. The number of hydrogen-bond donors (Lipinski definition) is 0. The molecular formula is C13H22. The van der Waals surface area contributed by atoms with Gasteiger partial charge in [0.1, 0.15) is 0 Å². The van der Waals surface area contributed by atoms with Crippen molar-refractivity contribution in [2.45, 2.75) is 46.0 Å². The van der Waals surface area contributed by atoms with E-state index in [-0.39, 0.29) is 0 Å². The van der Waals surface area contributed by atoms with Crippen molar-refractivity contribution in [3.05, 3.63) is 24.3 Å². The molecule has 0 aromatic rings. The first kappa shape index (κ1) is 10.6. The Morgan fingerprint density at radius 2 is 1.46 bits per heavy atom. The summed E-state index contributed by atoms with van der Waals surface area (Å²) in [5.74, 6) is 1.42. The maximum atomic E-state index is 4.09. The van der Waals surface area contributed by atoms with Gasteiger partial charge in [-0.2, -0.15) is 0 Å². The Morgan fingerprint density at radius 1 is 1.00 bits per heavy atom. The second-order valence-corrected chi connectivity index (χ2v) is 4.57. The van der Waals surface area contributed by atoms with E-state index in [2.05, 4.69) is 27.0 Å². The largest absolute Gasteiger partial charge is 0.0995 e. The molecule has 74 valence electrons. The lowest BCUT2D eigenvalue weighted by atomic mass is 9.74. The molecular weight excluding hydrogens is 156 g/mol. The zero-order chi connectivity index (χ0) is 9.84. The van der Waals surface area contributed by atoms with Crippen LogP contribution in [0.1, 0.15) is 46.0 Å². The molecule has 1 rings (SSSR count). The van der Waals surface area contributed by atoms with Gasteiger partial charge in [0.05, 0.1) is 0 Å². The molecule has 0 spiro atoms. The summed E-state index contributed by atoms with van der Waals surface area (Å²) in [4.78, 5) is 0. The molecule has 13 heavy (non-hydrogen) atoms. The second-order valence-electron chi connectivity index (χ2n) is 4.57. The lowest BCUT2D eigenvalue weighted by Gasteiger charge is -2.31. The van der Waals surface area contributed by atoms with Crippen molar-refractivity contribution in [1.82, 2.24) is 0 Å². The van der Waals surface area contributed by atoms with Gasteiger partial charge < -0.3 is 0 Å². The van der Waals surface area contributed by atoms with E-state index < -0.39 is 0 Å². The van der Waals surface area contributed by atoms with Gasteiger partial charge >= 0.3 is 0 Å². The van der Waals surface area contributed by atoms with Crippen LogP contribution in [0.15, 0.2) is 24.3 Å². The van der Waals surface area contributed by atoms with Crippen LogP contribution in [0.2, 0.25) is 0 Å². The third-order valence-electron chi connectivity index (χ3n) is 3.18. The lowest BCUT2D eigenvalue weighted by Crippen LogP contribution is -2.19. The van der Waals surface area contributed by atoms with Gasteiger partial charge in [-0.15, -0.1) is 0 Å². The molecule has 0 unspecified atom stereocenters. The Balaban J connectivity index is 2.62. The van der Waals surface area contributed by atoms with Gasteiger partial charge in [-0.05, 0) is 32.6 Å². The van der Waals surface area contributed by atoms with Crippen molar-refractivity contribution in [2.24, 2.45) is 11.8 Å². The van der Waals surface area contributed by atoms with Crippen molar-refractivity contribution in [3.8, 4) is 0 Å². The highest BCUT2D eigenvalue weighted by molar-refractivity contribution is 5.14. The van der Waals surface area contributed by atoms with Gasteiger partial charge in [-0.1, -0.05) is 43.6 Å². The molecule has 0 nitrogen and oxygen atoms in total. The monoisotopic (exact) mass is 178 g/mol. The Morgan fingerprint density at radius 3 is 1.85 bits per heavy atom. The molecule has 0 N–H and O–H groups in total. The molecule has 0 aromatic carbocycles. The smallest absolute Gasteiger partial charge is 0.00243 e. The highest BCUT2D eigenvalue weighted by Gasteiger charge is 2.24. The zero-order valence-corrected chi connectivity index (χ0v) is 9.10. The van der Waals surface area contributed by atoms with Crippen LogP contribution in [0.5, 0.6) is 0 Å². The van der Waals surface area contributed by atoms with Crippen LogP contribution in [-0.4, -0.2) is 0 Å². The first-order valence-electron chi connectivity index (χ1n) is 5.43. The van der Waals surface area contributed by atoms with Crippen molar-refractivity contribution >= 4 is 0 Å². The van der Waals surface area contributed by atoms with Gasteiger partial charge in [0.2, 0.25) is 0 Å². The van der Waals surface area contributed by atoms with E-state index >= 15 is 0 Å². The number of allylic oxidation sites excluding steroid dienone is 2. The summed E-state index contributed by atoms with van der Waals surface area (Å²) >= 11 is 0. The predicted octanol–water partition coefficient (Wildman–Crippen LogP) is 4.34. The summed E-state index contributed by atoms with van der Waals surface area (Å²) in [6.07, 6.45) is 6.99. The van der Waals surface area contributed by atoms with E-state index in [1.165, 1.54) is 43.3 Å². The van der Waals surface area contributed by atoms with E-state index in [4.69, 9.17) is 0 Å². The van der Waals surface area contributed by atoms with E-state index in [0.717, 1.165) is 5.92 Å². The number of rotatable bonds is 3. The molecule has 0 atom stereocenters. The maximum absolute atomic E-state index is 4.09. The first-order chi connectivity index (χ1) is 6.13. The standard InChI is InChI=1S/C13H22/c1-10(2)13(11(3)4)12-8-6-5-7-9-12/h12-13H,1,3,5-9H2,2,4H3.